The summed E-state index contributed by atoms with van der Waals surface area (Å²) in [4.78, 5) is 16.1. The number of carbonyl (C=O) groups excluding carboxylic acids is 1. The van der Waals surface area contributed by atoms with Gasteiger partial charge in [-0.2, -0.15) is 0 Å². The fraction of sp³-hybridized carbons (Fsp3) is 0.333. The second-order valence-electron chi connectivity index (χ2n) is 3.63. The average molecular weight is 281 g/mol. The van der Waals surface area contributed by atoms with Crippen LogP contribution < -0.4 is 20.3 Å². The summed E-state index contributed by atoms with van der Waals surface area (Å²) in [5.74, 6) is 0.984. The van der Waals surface area contributed by atoms with Crippen molar-refractivity contribution < 1.29 is 14.3 Å². The van der Waals surface area contributed by atoms with Gasteiger partial charge in [-0.15, -0.1) is 0 Å². The Hall–Kier alpha value is -1.89. The van der Waals surface area contributed by atoms with Gasteiger partial charge in [0.15, 0.2) is 16.7 Å². The lowest BCUT2D eigenvalue weighted by Gasteiger charge is -2.09. The highest BCUT2D eigenvalue weighted by Crippen LogP contribution is 2.32. The average Bonchev–Trinajstić information content (AvgIpc) is 2.90. The Balaban J connectivity index is 1.98. The molecule has 0 saturated heterocycles. The quantitative estimate of drug-likeness (QED) is 0.487. The Kier molecular flexibility index (Phi) is 4.51. The highest BCUT2D eigenvalue weighted by molar-refractivity contribution is 8.13. The van der Waals surface area contributed by atoms with Gasteiger partial charge in [-0.1, -0.05) is 11.8 Å². The minimum Gasteiger partial charge on any atom is -0.454 e. The molecule has 0 spiro atoms. The van der Waals surface area contributed by atoms with Crippen molar-refractivity contribution in [3.05, 3.63) is 23.8 Å². The molecule has 7 heteroatoms. The number of thioether (sulfide) groups is 1. The number of amides is 1. The summed E-state index contributed by atoms with van der Waals surface area (Å²) in [6.07, 6.45) is 1.88. The Bertz CT molecular complexity index is 505. The summed E-state index contributed by atoms with van der Waals surface area (Å²) in [7, 11) is 0. The molecule has 0 radical (unpaired) electrons. The number of fused-ring (bicyclic) bond motifs is 1. The zero-order valence-corrected chi connectivity index (χ0v) is 11.5. The van der Waals surface area contributed by atoms with Crippen LogP contribution in [0.15, 0.2) is 23.2 Å². The van der Waals surface area contributed by atoms with E-state index in [1.807, 2.05) is 13.2 Å². The first-order chi connectivity index (χ1) is 9.24. The topological polar surface area (TPSA) is 72.0 Å². The van der Waals surface area contributed by atoms with E-state index in [0.717, 1.165) is 0 Å². The van der Waals surface area contributed by atoms with Crippen LogP contribution in [0.4, 0.5) is 0 Å². The molecule has 0 aliphatic carbocycles. The van der Waals surface area contributed by atoms with Crippen LogP contribution >= 0.6 is 11.8 Å². The molecular formula is C12H15N3O3S. The van der Waals surface area contributed by atoms with Gasteiger partial charge in [0, 0.05) is 12.1 Å². The van der Waals surface area contributed by atoms with Crippen molar-refractivity contribution in [3.8, 4) is 11.5 Å². The van der Waals surface area contributed by atoms with Crippen molar-refractivity contribution in [2.45, 2.75) is 6.92 Å². The fourth-order valence-electron chi connectivity index (χ4n) is 1.52. The van der Waals surface area contributed by atoms with Crippen LogP contribution in [0.25, 0.3) is 0 Å². The van der Waals surface area contributed by atoms with Gasteiger partial charge in [-0.3, -0.25) is 20.6 Å². The summed E-state index contributed by atoms with van der Waals surface area (Å²) in [6, 6.07) is 5.04. The molecule has 0 saturated carbocycles. The lowest BCUT2D eigenvalue weighted by atomic mass is 10.2. The number of benzene rings is 1. The molecule has 2 rings (SSSR count). The number of carbonyl (C=O) groups is 1. The number of hydrogen-bond acceptors (Lipinski definition) is 5. The van der Waals surface area contributed by atoms with Crippen LogP contribution in [-0.2, 0) is 0 Å². The van der Waals surface area contributed by atoms with E-state index in [2.05, 4.69) is 15.8 Å². The molecule has 1 aliphatic rings. The van der Waals surface area contributed by atoms with E-state index in [0.29, 0.717) is 28.8 Å². The fourth-order valence-corrected chi connectivity index (χ4v) is 1.93. The second-order valence-corrected chi connectivity index (χ2v) is 4.43. The van der Waals surface area contributed by atoms with Crippen molar-refractivity contribution in [2.24, 2.45) is 4.99 Å². The van der Waals surface area contributed by atoms with Gasteiger partial charge >= 0.3 is 0 Å². The maximum absolute atomic E-state index is 11.9. The molecule has 1 heterocycles. The predicted octanol–water partition coefficient (Wildman–Crippen LogP) is 1.39. The number of hydrogen-bond donors (Lipinski definition) is 2. The maximum Gasteiger partial charge on any atom is 0.269 e. The van der Waals surface area contributed by atoms with E-state index >= 15 is 0 Å². The molecule has 102 valence electrons. The molecule has 6 nitrogen and oxygen atoms in total. The Labute approximate surface area is 115 Å². The molecule has 0 aromatic heterocycles. The molecule has 1 aliphatic heterocycles. The van der Waals surface area contributed by atoms with Gasteiger partial charge in [0.25, 0.3) is 5.91 Å². The molecule has 2 N–H and O–H groups in total. The molecule has 1 aromatic rings. The van der Waals surface area contributed by atoms with Gasteiger partial charge in [-0.05, 0) is 31.4 Å². The van der Waals surface area contributed by atoms with Gasteiger partial charge in [0.2, 0.25) is 6.79 Å². The van der Waals surface area contributed by atoms with E-state index < -0.39 is 0 Å². The number of hydrazine groups is 1. The van der Waals surface area contributed by atoms with Crippen molar-refractivity contribution >= 4 is 22.8 Å². The summed E-state index contributed by atoms with van der Waals surface area (Å²) < 4.78 is 10.4. The first kappa shape index (κ1) is 13.5. The molecule has 0 unspecified atom stereocenters. The van der Waals surface area contributed by atoms with Gasteiger partial charge in [-0.25, -0.2) is 0 Å². The third-order valence-corrected chi connectivity index (χ3v) is 3.03. The number of nitrogens with zero attached hydrogens (tertiary/aromatic N) is 1. The van der Waals surface area contributed by atoms with Crippen LogP contribution in [0.5, 0.6) is 11.5 Å². The largest absolute Gasteiger partial charge is 0.454 e. The number of amidine groups is 1. The highest BCUT2D eigenvalue weighted by Gasteiger charge is 2.16. The number of nitrogens with one attached hydrogen (secondary N) is 2. The molecule has 1 amide bonds. The van der Waals surface area contributed by atoms with Gasteiger partial charge in [0.1, 0.15) is 0 Å². The maximum atomic E-state index is 11.9. The van der Waals surface area contributed by atoms with E-state index in [-0.39, 0.29) is 12.7 Å². The molecular weight excluding hydrogens is 266 g/mol. The van der Waals surface area contributed by atoms with Crippen LogP contribution in [0.1, 0.15) is 17.3 Å². The SMILES string of the molecule is CCN=C(NNC(=O)c1ccc2c(c1)OCO2)SC. The zero-order chi connectivity index (χ0) is 13.7. The summed E-state index contributed by atoms with van der Waals surface area (Å²) in [5, 5.41) is 0.664. The zero-order valence-electron chi connectivity index (χ0n) is 10.7. The summed E-state index contributed by atoms with van der Waals surface area (Å²) >= 11 is 1.43. The molecule has 0 atom stereocenters. The van der Waals surface area contributed by atoms with Crippen molar-refractivity contribution in [1.29, 1.82) is 0 Å². The van der Waals surface area contributed by atoms with E-state index in [9.17, 15) is 4.79 Å². The normalized spacial score (nSPS) is 13.3. The predicted molar refractivity (Wildman–Crippen MR) is 74.7 cm³/mol. The standard InChI is InChI=1S/C12H15N3O3S/c1-3-13-12(19-2)15-14-11(16)8-4-5-9-10(6-8)18-7-17-9/h4-6H,3,7H2,1-2H3,(H,13,15)(H,14,16). The van der Waals surface area contributed by atoms with Crippen LogP contribution in [0, 0.1) is 0 Å². The summed E-state index contributed by atoms with van der Waals surface area (Å²) in [6.45, 7) is 2.78. The lowest BCUT2D eigenvalue weighted by molar-refractivity contribution is 0.0944. The smallest absolute Gasteiger partial charge is 0.269 e. The van der Waals surface area contributed by atoms with Crippen LogP contribution in [0.2, 0.25) is 0 Å². The van der Waals surface area contributed by atoms with E-state index in [1.165, 1.54) is 11.8 Å². The minimum atomic E-state index is -0.254. The molecule has 0 fully saturated rings. The minimum absolute atomic E-state index is 0.193. The third-order valence-electron chi connectivity index (χ3n) is 2.41. The van der Waals surface area contributed by atoms with E-state index in [1.54, 1.807) is 18.2 Å². The van der Waals surface area contributed by atoms with Crippen molar-refractivity contribution in [1.82, 2.24) is 10.9 Å². The third kappa shape index (κ3) is 3.31. The first-order valence-electron chi connectivity index (χ1n) is 5.79. The monoisotopic (exact) mass is 281 g/mol. The van der Waals surface area contributed by atoms with E-state index in [4.69, 9.17) is 9.47 Å². The molecule has 0 bridgehead atoms. The van der Waals surface area contributed by atoms with Crippen LogP contribution in [0.3, 0.4) is 0 Å². The second kappa shape index (κ2) is 6.33. The number of aliphatic imine (C=N–C) groups is 1. The Morgan fingerprint density at radius 1 is 1.37 bits per heavy atom. The van der Waals surface area contributed by atoms with Crippen molar-refractivity contribution in [3.63, 3.8) is 0 Å². The Morgan fingerprint density at radius 3 is 2.89 bits per heavy atom. The first-order valence-corrected chi connectivity index (χ1v) is 7.01. The Morgan fingerprint density at radius 2 is 2.16 bits per heavy atom. The van der Waals surface area contributed by atoms with Crippen molar-refractivity contribution in [2.75, 3.05) is 19.6 Å². The summed E-state index contributed by atoms with van der Waals surface area (Å²) in [5.41, 5.74) is 5.86. The van der Waals surface area contributed by atoms with Crippen LogP contribution in [-0.4, -0.2) is 30.7 Å². The molecule has 19 heavy (non-hydrogen) atoms. The van der Waals surface area contributed by atoms with Gasteiger partial charge in [0.05, 0.1) is 0 Å². The lowest BCUT2D eigenvalue weighted by Crippen LogP contribution is -2.40. The highest BCUT2D eigenvalue weighted by atomic mass is 32.2. The number of ether oxygens (including phenoxy) is 2. The number of rotatable bonds is 2. The van der Waals surface area contributed by atoms with Gasteiger partial charge < -0.3 is 9.47 Å². The molecule has 1 aromatic carbocycles.